The molecule has 0 saturated carbocycles. The fourth-order valence-corrected chi connectivity index (χ4v) is 4.32. The lowest BCUT2D eigenvalue weighted by Gasteiger charge is -2.34. The normalized spacial score (nSPS) is 13.9. The van der Waals surface area contributed by atoms with E-state index in [0.29, 0.717) is 37.4 Å². The van der Waals surface area contributed by atoms with Crippen LogP contribution in [0.5, 0.6) is 0 Å². The van der Waals surface area contributed by atoms with Gasteiger partial charge >= 0.3 is 11.5 Å². The molecule has 1 aliphatic rings. The Morgan fingerprint density at radius 2 is 1.42 bits per heavy atom. The second-order valence-electron chi connectivity index (χ2n) is 8.09. The number of aromatic nitrogens is 1. The van der Waals surface area contributed by atoms with Crippen molar-refractivity contribution in [1.29, 1.82) is 0 Å². The lowest BCUT2D eigenvalue weighted by Crippen LogP contribution is -2.51. The number of nitrogens with zero attached hydrogens (tertiary/aromatic N) is 4. The highest BCUT2D eigenvalue weighted by molar-refractivity contribution is 8.00. The highest BCUT2D eigenvalue weighted by Gasteiger charge is 2.29. The largest absolute Gasteiger partial charge is 0.446 e. The summed E-state index contributed by atoms with van der Waals surface area (Å²) in [7, 11) is 1.94. The van der Waals surface area contributed by atoms with Gasteiger partial charge in [-0.05, 0) is 72.4 Å². The summed E-state index contributed by atoms with van der Waals surface area (Å²) in [6, 6.07) is 16.3. The summed E-state index contributed by atoms with van der Waals surface area (Å²) in [5.41, 5.74) is -1.47. The van der Waals surface area contributed by atoms with E-state index >= 15 is 0 Å². The average Bonchev–Trinajstić information content (AvgIpc) is 2.89. The molecule has 2 heterocycles. The van der Waals surface area contributed by atoms with Crippen LogP contribution < -0.4 is 10.2 Å². The van der Waals surface area contributed by atoms with Gasteiger partial charge in [0.05, 0.1) is 0 Å². The fraction of sp³-hybridized carbons (Fsp3) is 0.240. The molecule has 3 aromatic rings. The highest BCUT2D eigenvalue weighted by atomic mass is 32.2. The second kappa shape index (κ2) is 10.9. The maximum Gasteiger partial charge on any atom is 0.446 e. The minimum Gasteiger partial charge on any atom is -0.345 e. The molecule has 11 heteroatoms. The molecule has 188 valence electrons. The molecule has 1 aliphatic heterocycles. The Hall–Kier alpha value is -3.73. The Morgan fingerprint density at radius 3 is 2.00 bits per heavy atom. The number of thioether (sulfide) groups is 1. The summed E-state index contributed by atoms with van der Waals surface area (Å²) in [5, 5.41) is 2.69. The van der Waals surface area contributed by atoms with Crippen molar-refractivity contribution >= 4 is 40.8 Å². The molecule has 0 aliphatic carbocycles. The van der Waals surface area contributed by atoms with Crippen LogP contribution in [0.25, 0.3) is 0 Å². The van der Waals surface area contributed by atoms with E-state index in [4.69, 9.17) is 0 Å². The van der Waals surface area contributed by atoms with Gasteiger partial charge < -0.3 is 20.0 Å². The van der Waals surface area contributed by atoms with Gasteiger partial charge in [0.2, 0.25) is 0 Å². The summed E-state index contributed by atoms with van der Waals surface area (Å²) in [6.45, 7) is 1.46. The van der Waals surface area contributed by atoms with Crippen LogP contribution in [0.2, 0.25) is 0 Å². The van der Waals surface area contributed by atoms with Gasteiger partial charge in [0.1, 0.15) is 0 Å². The van der Waals surface area contributed by atoms with Gasteiger partial charge in [0.25, 0.3) is 5.91 Å². The minimum atomic E-state index is -4.36. The van der Waals surface area contributed by atoms with Crippen LogP contribution in [0.4, 0.5) is 35.0 Å². The topological polar surface area (TPSA) is 68.8 Å². The van der Waals surface area contributed by atoms with Gasteiger partial charge in [-0.2, -0.15) is 13.2 Å². The van der Waals surface area contributed by atoms with E-state index in [1.54, 1.807) is 34.3 Å². The number of carbonyl (C=O) groups excluding carboxylic acids is 2. The van der Waals surface area contributed by atoms with Gasteiger partial charge in [-0.15, -0.1) is 0 Å². The van der Waals surface area contributed by atoms with Crippen LogP contribution >= 0.6 is 11.8 Å². The molecular formula is C25H24F3N5O2S. The number of nitrogens with one attached hydrogen (secondary N) is 1. The zero-order valence-electron chi connectivity index (χ0n) is 19.4. The quantitative estimate of drug-likeness (QED) is 0.458. The third-order valence-corrected chi connectivity index (χ3v) is 6.48. The summed E-state index contributed by atoms with van der Waals surface area (Å²) in [4.78, 5) is 34.9. The molecule has 2 aromatic carbocycles. The molecule has 0 atom stereocenters. The maximum absolute atomic E-state index is 13.0. The number of benzene rings is 2. The zero-order valence-corrected chi connectivity index (χ0v) is 20.2. The molecule has 0 bridgehead atoms. The molecule has 0 radical (unpaired) electrons. The number of halogens is 3. The number of amides is 3. The fourth-order valence-electron chi connectivity index (χ4n) is 3.78. The minimum absolute atomic E-state index is 0.0460. The van der Waals surface area contributed by atoms with Crippen LogP contribution in [0, 0.1) is 0 Å². The van der Waals surface area contributed by atoms with E-state index in [1.807, 2.05) is 36.2 Å². The molecule has 1 aromatic heterocycles. The first-order valence-corrected chi connectivity index (χ1v) is 12.0. The standard InChI is InChI=1S/C25H24F3N5O2S/c1-31(21-10-12-29-13-11-21)20-6-2-18(3-7-20)23(34)32-14-16-33(17-15-32)24(35)30-19-4-8-22(9-5-19)36-25(26,27)28/h2-13H,14-17H2,1H3,(H,30,35). The number of carbonyl (C=O) groups is 2. The van der Waals surface area contributed by atoms with Crippen LogP contribution in [-0.4, -0.2) is 65.5 Å². The van der Waals surface area contributed by atoms with Crippen LogP contribution in [0.1, 0.15) is 10.4 Å². The number of anilines is 3. The Bertz CT molecular complexity index is 1180. The van der Waals surface area contributed by atoms with E-state index in [9.17, 15) is 22.8 Å². The lowest BCUT2D eigenvalue weighted by atomic mass is 10.1. The van der Waals surface area contributed by atoms with E-state index in [2.05, 4.69) is 10.3 Å². The number of piperazine rings is 1. The number of pyridine rings is 1. The summed E-state index contributed by atoms with van der Waals surface area (Å²) < 4.78 is 37.4. The summed E-state index contributed by atoms with van der Waals surface area (Å²) in [6.07, 6.45) is 3.44. The van der Waals surface area contributed by atoms with E-state index in [0.717, 1.165) is 11.4 Å². The highest BCUT2D eigenvalue weighted by Crippen LogP contribution is 2.37. The SMILES string of the molecule is CN(c1ccncc1)c1ccc(C(=O)N2CCN(C(=O)Nc3ccc(SC(F)(F)F)cc3)CC2)cc1. The number of hydrogen-bond donors (Lipinski definition) is 1. The summed E-state index contributed by atoms with van der Waals surface area (Å²) in [5.74, 6) is -0.106. The molecule has 1 fully saturated rings. The van der Waals surface area contributed by atoms with Gasteiger partial charge in [-0.25, -0.2) is 4.79 Å². The van der Waals surface area contributed by atoms with Gasteiger partial charge in [0.15, 0.2) is 0 Å². The van der Waals surface area contributed by atoms with Crippen LogP contribution in [0.15, 0.2) is 78.0 Å². The number of rotatable bonds is 5. The maximum atomic E-state index is 13.0. The molecule has 0 spiro atoms. The molecule has 4 rings (SSSR count). The van der Waals surface area contributed by atoms with Crippen molar-refractivity contribution in [3.8, 4) is 0 Å². The Morgan fingerprint density at radius 1 is 0.861 bits per heavy atom. The predicted octanol–water partition coefficient (Wildman–Crippen LogP) is 5.45. The van der Waals surface area contributed by atoms with E-state index < -0.39 is 5.51 Å². The molecule has 1 saturated heterocycles. The first-order chi connectivity index (χ1) is 17.2. The first kappa shape index (κ1) is 25.4. The van der Waals surface area contributed by atoms with Crippen LogP contribution in [-0.2, 0) is 0 Å². The predicted molar refractivity (Wildman–Crippen MR) is 134 cm³/mol. The van der Waals surface area contributed by atoms with Gasteiger partial charge in [-0.3, -0.25) is 9.78 Å². The zero-order chi connectivity index (χ0) is 25.7. The Balaban J connectivity index is 1.28. The van der Waals surface area contributed by atoms with Gasteiger partial charge in [-0.1, -0.05) is 0 Å². The second-order valence-corrected chi connectivity index (χ2v) is 9.23. The molecule has 36 heavy (non-hydrogen) atoms. The third kappa shape index (κ3) is 6.48. The Kier molecular flexibility index (Phi) is 7.68. The molecule has 7 nitrogen and oxygen atoms in total. The first-order valence-electron chi connectivity index (χ1n) is 11.1. The van der Waals surface area contributed by atoms with Crippen molar-refractivity contribution in [2.45, 2.75) is 10.4 Å². The van der Waals surface area contributed by atoms with Crippen molar-refractivity contribution in [3.05, 3.63) is 78.6 Å². The summed E-state index contributed by atoms with van der Waals surface area (Å²) >= 11 is -0.207. The van der Waals surface area contributed by atoms with Gasteiger partial charge in [0, 0.05) is 73.1 Å². The average molecular weight is 516 g/mol. The monoisotopic (exact) mass is 515 g/mol. The van der Waals surface area contributed by atoms with Crippen molar-refractivity contribution in [3.63, 3.8) is 0 Å². The van der Waals surface area contributed by atoms with E-state index in [-0.39, 0.29) is 28.6 Å². The van der Waals surface area contributed by atoms with E-state index in [1.165, 1.54) is 24.3 Å². The number of hydrogen-bond acceptors (Lipinski definition) is 5. The lowest BCUT2D eigenvalue weighted by molar-refractivity contribution is -0.0328. The van der Waals surface area contributed by atoms with Crippen molar-refractivity contribution in [2.75, 3.05) is 43.4 Å². The number of alkyl halides is 3. The molecule has 1 N–H and O–H groups in total. The third-order valence-electron chi connectivity index (χ3n) is 5.74. The Labute approximate surface area is 210 Å². The van der Waals surface area contributed by atoms with Crippen molar-refractivity contribution < 1.29 is 22.8 Å². The smallest absolute Gasteiger partial charge is 0.345 e. The number of urea groups is 1. The van der Waals surface area contributed by atoms with Crippen LogP contribution in [0.3, 0.4) is 0 Å². The van der Waals surface area contributed by atoms with Crippen molar-refractivity contribution in [1.82, 2.24) is 14.8 Å². The molecular weight excluding hydrogens is 491 g/mol. The molecule has 0 unspecified atom stereocenters. The molecule has 3 amide bonds. The van der Waals surface area contributed by atoms with Crippen molar-refractivity contribution in [2.24, 2.45) is 0 Å².